The van der Waals surface area contributed by atoms with Gasteiger partial charge in [-0.1, -0.05) is 6.07 Å². The van der Waals surface area contributed by atoms with Gasteiger partial charge in [0.2, 0.25) is 0 Å². The van der Waals surface area contributed by atoms with E-state index in [0.29, 0.717) is 0 Å². The van der Waals surface area contributed by atoms with Crippen molar-refractivity contribution in [3.05, 3.63) is 48.4 Å². The second kappa shape index (κ2) is 5.62. The van der Waals surface area contributed by atoms with Gasteiger partial charge < -0.3 is 14.8 Å². The van der Waals surface area contributed by atoms with Crippen molar-refractivity contribution in [1.82, 2.24) is 19.7 Å². The highest BCUT2D eigenvalue weighted by molar-refractivity contribution is 7.16. The van der Waals surface area contributed by atoms with Crippen LogP contribution in [-0.4, -0.2) is 32.9 Å². The zero-order valence-corrected chi connectivity index (χ0v) is 13.2. The van der Waals surface area contributed by atoms with Crippen molar-refractivity contribution in [2.45, 2.75) is 6.35 Å². The number of thiazole rings is 1. The van der Waals surface area contributed by atoms with Gasteiger partial charge in [0.1, 0.15) is 0 Å². The van der Waals surface area contributed by atoms with E-state index in [1.807, 2.05) is 28.4 Å². The molecule has 1 atom stereocenters. The minimum absolute atomic E-state index is 0.757. The molecule has 4 aromatic rings. The summed E-state index contributed by atoms with van der Waals surface area (Å²) < 4.78 is 3.10. The molecule has 3 aromatic heterocycles. The summed E-state index contributed by atoms with van der Waals surface area (Å²) in [5.74, 6) is 0. The molecule has 23 heavy (non-hydrogen) atoms. The van der Waals surface area contributed by atoms with Gasteiger partial charge >= 0.3 is 0 Å². The van der Waals surface area contributed by atoms with Crippen LogP contribution >= 0.6 is 11.3 Å². The fourth-order valence-electron chi connectivity index (χ4n) is 2.55. The average molecular weight is 325 g/mol. The zero-order valence-electron chi connectivity index (χ0n) is 12.4. The Morgan fingerprint density at radius 2 is 2.13 bits per heavy atom. The first-order valence-corrected chi connectivity index (χ1v) is 8.05. The number of benzene rings is 1. The van der Waals surface area contributed by atoms with Gasteiger partial charge in [-0.2, -0.15) is 0 Å². The Morgan fingerprint density at radius 1 is 1.22 bits per heavy atom. The summed E-state index contributed by atoms with van der Waals surface area (Å²) in [5, 5.41) is 15.6. The monoisotopic (exact) mass is 325 g/mol. The van der Waals surface area contributed by atoms with Crippen molar-refractivity contribution in [3.8, 4) is 11.1 Å². The van der Waals surface area contributed by atoms with Crippen LogP contribution in [0.5, 0.6) is 0 Å². The van der Waals surface area contributed by atoms with Crippen LogP contribution in [0.1, 0.15) is 0 Å². The molecule has 1 unspecified atom stereocenters. The van der Waals surface area contributed by atoms with E-state index in [1.165, 1.54) is 4.70 Å². The predicted octanol–water partition coefficient (Wildman–Crippen LogP) is 2.52. The normalized spacial score (nSPS) is 12.8. The Labute approximate surface area is 136 Å². The molecule has 0 saturated carbocycles. The van der Waals surface area contributed by atoms with Crippen LogP contribution in [0.25, 0.3) is 27.0 Å². The summed E-state index contributed by atoms with van der Waals surface area (Å²) in [6, 6.07) is 8.21. The zero-order chi connectivity index (χ0) is 15.8. The molecule has 0 spiro atoms. The molecular weight excluding hydrogens is 310 g/mol. The lowest BCUT2D eigenvalue weighted by Gasteiger charge is -2.15. The fraction of sp³-hybridized carbons (Fsp3) is 0.125. The number of fused-ring (bicyclic) bond motifs is 2. The minimum Gasteiger partial charge on any atom is -0.361 e. The Morgan fingerprint density at radius 3 is 3.00 bits per heavy atom. The van der Waals surface area contributed by atoms with Gasteiger partial charge in [-0.25, -0.2) is 9.97 Å². The topological polar surface area (TPSA) is 74.5 Å². The third-order valence-electron chi connectivity index (χ3n) is 3.72. The van der Waals surface area contributed by atoms with E-state index in [2.05, 4.69) is 38.8 Å². The Balaban J connectivity index is 1.85. The predicted molar refractivity (Wildman–Crippen MR) is 92.5 cm³/mol. The quantitative estimate of drug-likeness (QED) is 0.503. The van der Waals surface area contributed by atoms with Crippen molar-refractivity contribution in [2.24, 2.45) is 0 Å². The lowest BCUT2D eigenvalue weighted by Crippen LogP contribution is -2.32. The van der Waals surface area contributed by atoms with Crippen LogP contribution in [-0.2, 0) is 0 Å². The summed E-state index contributed by atoms with van der Waals surface area (Å²) >= 11 is 1.63. The molecule has 0 bridgehead atoms. The Bertz CT molecular complexity index is 977. The summed E-state index contributed by atoms with van der Waals surface area (Å²) in [7, 11) is 1.68. The standard InChI is InChI=1S/C16H15N5OS/c1-17-16(22)20-13-7-11(8-21-5-4-18-15(13)21)10-2-3-14-12(6-10)19-9-23-14/h2-9,16-17,20,22H,1H3. The van der Waals surface area contributed by atoms with Crippen molar-refractivity contribution in [3.63, 3.8) is 0 Å². The van der Waals surface area contributed by atoms with Crippen LogP contribution in [0, 0.1) is 0 Å². The number of aliphatic hydroxyl groups is 1. The maximum Gasteiger partial charge on any atom is 0.181 e. The number of nitrogens with one attached hydrogen (secondary N) is 2. The van der Waals surface area contributed by atoms with Crippen molar-refractivity contribution >= 4 is 32.9 Å². The van der Waals surface area contributed by atoms with E-state index < -0.39 is 6.35 Å². The fourth-order valence-corrected chi connectivity index (χ4v) is 3.21. The number of hydrogen-bond acceptors (Lipinski definition) is 6. The average Bonchev–Trinajstić information content (AvgIpc) is 3.22. The largest absolute Gasteiger partial charge is 0.361 e. The van der Waals surface area contributed by atoms with Gasteiger partial charge in [0.15, 0.2) is 12.0 Å². The first kappa shape index (κ1) is 14.1. The molecule has 4 rings (SSSR count). The maximum atomic E-state index is 9.82. The van der Waals surface area contributed by atoms with Crippen LogP contribution in [0.4, 0.5) is 5.69 Å². The van der Waals surface area contributed by atoms with E-state index in [9.17, 15) is 5.11 Å². The number of anilines is 1. The molecule has 116 valence electrons. The van der Waals surface area contributed by atoms with Crippen LogP contribution < -0.4 is 10.6 Å². The number of nitrogens with zero attached hydrogens (tertiary/aromatic N) is 3. The Kier molecular flexibility index (Phi) is 3.45. The first-order valence-electron chi connectivity index (χ1n) is 7.17. The summed E-state index contributed by atoms with van der Waals surface area (Å²) in [5.41, 5.74) is 6.45. The molecule has 7 heteroatoms. The third-order valence-corrected chi connectivity index (χ3v) is 4.53. The molecule has 0 aliphatic carbocycles. The second-order valence-corrected chi connectivity index (χ2v) is 6.06. The highest BCUT2D eigenvalue weighted by Crippen LogP contribution is 2.29. The van der Waals surface area contributed by atoms with Gasteiger partial charge in [0, 0.05) is 24.2 Å². The first-order chi connectivity index (χ1) is 11.2. The van der Waals surface area contributed by atoms with Gasteiger partial charge in [0.05, 0.1) is 21.4 Å². The summed E-state index contributed by atoms with van der Waals surface area (Å²) in [6.45, 7) is 0. The van der Waals surface area contributed by atoms with E-state index in [-0.39, 0.29) is 0 Å². The lowest BCUT2D eigenvalue weighted by atomic mass is 10.1. The number of imidazole rings is 1. The van der Waals surface area contributed by atoms with E-state index in [0.717, 1.165) is 28.0 Å². The summed E-state index contributed by atoms with van der Waals surface area (Å²) in [6.07, 6.45) is 4.80. The highest BCUT2D eigenvalue weighted by Gasteiger charge is 2.10. The SMILES string of the molecule is CNC(O)Nc1cc(-c2ccc3scnc3c2)cn2ccnc12. The summed E-state index contributed by atoms with van der Waals surface area (Å²) in [4.78, 5) is 8.71. The van der Waals surface area contributed by atoms with Crippen LogP contribution in [0.3, 0.4) is 0 Å². The molecule has 1 aromatic carbocycles. The Hall–Kier alpha value is -2.48. The maximum absolute atomic E-state index is 9.82. The van der Waals surface area contributed by atoms with Crippen molar-refractivity contribution in [1.29, 1.82) is 0 Å². The van der Waals surface area contributed by atoms with E-state index >= 15 is 0 Å². The molecule has 0 aliphatic heterocycles. The smallest absolute Gasteiger partial charge is 0.181 e. The molecule has 0 amide bonds. The molecule has 6 nitrogen and oxygen atoms in total. The lowest BCUT2D eigenvalue weighted by molar-refractivity contribution is 0.176. The van der Waals surface area contributed by atoms with Crippen LogP contribution in [0.15, 0.2) is 48.4 Å². The van der Waals surface area contributed by atoms with Crippen molar-refractivity contribution in [2.75, 3.05) is 12.4 Å². The third kappa shape index (κ3) is 2.55. The minimum atomic E-state index is -0.841. The molecular formula is C16H15N5OS. The number of pyridine rings is 1. The number of rotatable bonds is 4. The van der Waals surface area contributed by atoms with Gasteiger partial charge in [-0.3, -0.25) is 5.32 Å². The van der Waals surface area contributed by atoms with Crippen molar-refractivity contribution < 1.29 is 5.11 Å². The highest BCUT2D eigenvalue weighted by atomic mass is 32.1. The van der Waals surface area contributed by atoms with Gasteiger partial charge in [0.25, 0.3) is 0 Å². The molecule has 0 fully saturated rings. The molecule has 0 radical (unpaired) electrons. The van der Waals surface area contributed by atoms with Gasteiger partial charge in [-0.05, 0) is 30.8 Å². The number of aromatic nitrogens is 3. The number of hydrogen-bond donors (Lipinski definition) is 3. The van der Waals surface area contributed by atoms with Gasteiger partial charge in [-0.15, -0.1) is 11.3 Å². The van der Waals surface area contributed by atoms with E-state index in [1.54, 1.807) is 24.6 Å². The number of aliphatic hydroxyl groups excluding tert-OH is 1. The molecule has 0 saturated heterocycles. The molecule has 3 N–H and O–H groups in total. The second-order valence-electron chi connectivity index (χ2n) is 5.17. The van der Waals surface area contributed by atoms with Crippen LogP contribution in [0.2, 0.25) is 0 Å². The molecule has 0 aliphatic rings. The molecule has 3 heterocycles. The van der Waals surface area contributed by atoms with E-state index in [4.69, 9.17) is 0 Å².